The Morgan fingerprint density at radius 2 is 1.63 bits per heavy atom. The number of ether oxygens (including phenoxy) is 2. The van der Waals surface area contributed by atoms with Gasteiger partial charge in [0.25, 0.3) is 5.91 Å². The number of carbonyl (C=O) groups is 1. The van der Waals surface area contributed by atoms with Gasteiger partial charge in [0.1, 0.15) is 0 Å². The molecule has 162 valence electrons. The highest BCUT2D eigenvalue weighted by atomic mass is 16.5. The highest BCUT2D eigenvalue weighted by Crippen LogP contribution is 2.29. The summed E-state index contributed by atoms with van der Waals surface area (Å²) in [5.74, 6) is 1.08. The minimum atomic E-state index is -0.161. The largest absolute Gasteiger partial charge is 0.490 e. The summed E-state index contributed by atoms with van der Waals surface area (Å²) in [6, 6.07) is 11.5. The van der Waals surface area contributed by atoms with E-state index in [2.05, 4.69) is 34.2 Å². The van der Waals surface area contributed by atoms with E-state index in [4.69, 9.17) is 9.47 Å². The average molecular weight is 412 g/mol. The molecular formula is C24H33N3O3. The lowest BCUT2D eigenvalue weighted by molar-refractivity contribution is 0.102. The number of rotatable bonds is 8. The zero-order chi connectivity index (χ0) is 21.5. The number of benzene rings is 2. The maximum absolute atomic E-state index is 12.8. The van der Waals surface area contributed by atoms with Crippen LogP contribution in [0.5, 0.6) is 11.5 Å². The number of hydrogen-bond donors (Lipinski definition) is 1. The minimum Gasteiger partial charge on any atom is -0.490 e. The van der Waals surface area contributed by atoms with E-state index < -0.39 is 0 Å². The van der Waals surface area contributed by atoms with Gasteiger partial charge in [-0.25, -0.2) is 0 Å². The molecule has 3 rings (SSSR count). The molecule has 0 saturated carbocycles. The van der Waals surface area contributed by atoms with Crippen LogP contribution >= 0.6 is 0 Å². The second kappa shape index (κ2) is 10.3. The molecular weight excluding hydrogens is 378 g/mol. The first-order valence-corrected chi connectivity index (χ1v) is 10.8. The van der Waals surface area contributed by atoms with E-state index in [9.17, 15) is 4.79 Å². The van der Waals surface area contributed by atoms with Crippen molar-refractivity contribution in [1.29, 1.82) is 0 Å². The lowest BCUT2D eigenvalue weighted by Gasteiger charge is -2.35. The molecule has 2 aromatic carbocycles. The van der Waals surface area contributed by atoms with Crippen LogP contribution in [0.4, 0.5) is 11.4 Å². The molecule has 6 heteroatoms. The molecule has 0 aliphatic carbocycles. The number of amides is 1. The molecule has 0 unspecified atom stereocenters. The SMILES string of the molecule is CCOc1ccc(C(=O)Nc2ccc(N3CCN(CC)CC3)cc2C)cc1OCC. The molecule has 1 N–H and O–H groups in total. The van der Waals surface area contributed by atoms with E-state index in [1.807, 2.05) is 26.8 Å². The number of likely N-dealkylation sites (N-methyl/N-ethyl adjacent to an activating group) is 1. The van der Waals surface area contributed by atoms with Gasteiger partial charge in [-0.15, -0.1) is 0 Å². The van der Waals surface area contributed by atoms with Gasteiger partial charge in [-0.3, -0.25) is 4.79 Å². The Morgan fingerprint density at radius 3 is 2.27 bits per heavy atom. The van der Waals surface area contributed by atoms with Gasteiger partial charge >= 0.3 is 0 Å². The molecule has 0 atom stereocenters. The molecule has 1 aliphatic rings. The quantitative estimate of drug-likeness (QED) is 0.706. The second-order valence-corrected chi connectivity index (χ2v) is 7.40. The van der Waals surface area contributed by atoms with Crippen molar-refractivity contribution in [2.45, 2.75) is 27.7 Å². The third-order valence-electron chi connectivity index (χ3n) is 5.45. The number of nitrogens with zero attached hydrogens (tertiary/aromatic N) is 2. The normalized spacial score (nSPS) is 14.5. The number of anilines is 2. The molecule has 0 aromatic heterocycles. The summed E-state index contributed by atoms with van der Waals surface area (Å²) in [5.41, 5.74) is 3.62. The van der Waals surface area contributed by atoms with E-state index in [0.29, 0.717) is 30.3 Å². The van der Waals surface area contributed by atoms with Crippen molar-refractivity contribution in [1.82, 2.24) is 4.90 Å². The lowest BCUT2D eigenvalue weighted by atomic mass is 10.1. The Kier molecular flexibility index (Phi) is 7.57. The maximum atomic E-state index is 12.8. The maximum Gasteiger partial charge on any atom is 0.255 e. The van der Waals surface area contributed by atoms with Crippen molar-refractivity contribution in [2.75, 3.05) is 56.2 Å². The number of nitrogens with one attached hydrogen (secondary N) is 1. The van der Waals surface area contributed by atoms with Crippen molar-refractivity contribution < 1.29 is 14.3 Å². The molecule has 1 heterocycles. The molecule has 0 radical (unpaired) electrons. The molecule has 1 amide bonds. The fraction of sp³-hybridized carbons (Fsp3) is 0.458. The molecule has 1 aliphatic heterocycles. The van der Waals surface area contributed by atoms with E-state index in [1.165, 1.54) is 5.69 Å². The van der Waals surface area contributed by atoms with Crippen LogP contribution in [-0.2, 0) is 0 Å². The summed E-state index contributed by atoms with van der Waals surface area (Å²) in [5, 5.41) is 3.03. The third-order valence-corrected chi connectivity index (χ3v) is 5.45. The number of aryl methyl sites for hydroxylation is 1. The van der Waals surface area contributed by atoms with Gasteiger partial charge in [-0.2, -0.15) is 0 Å². The summed E-state index contributed by atoms with van der Waals surface area (Å²) in [6.07, 6.45) is 0. The summed E-state index contributed by atoms with van der Waals surface area (Å²) >= 11 is 0. The fourth-order valence-electron chi connectivity index (χ4n) is 3.69. The standard InChI is InChI=1S/C24H33N3O3/c1-5-26-12-14-27(15-13-26)20-9-10-21(18(4)16-20)25-24(28)19-8-11-22(29-6-2)23(17-19)30-7-3/h8-11,16-17H,5-7,12-15H2,1-4H3,(H,25,28). The fourth-order valence-corrected chi connectivity index (χ4v) is 3.69. The molecule has 0 bridgehead atoms. The van der Waals surface area contributed by atoms with E-state index in [1.54, 1.807) is 18.2 Å². The van der Waals surface area contributed by atoms with Gasteiger partial charge in [0.05, 0.1) is 13.2 Å². The van der Waals surface area contributed by atoms with Gasteiger partial charge in [-0.05, 0) is 69.3 Å². The second-order valence-electron chi connectivity index (χ2n) is 7.40. The predicted octanol–water partition coefficient (Wildman–Crippen LogP) is 4.19. The zero-order valence-electron chi connectivity index (χ0n) is 18.5. The van der Waals surface area contributed by atoms with Crippen LogP contribution in [0.2, 0.25) is 0 Å². The van der Waals surface area contributed by atoms with Crippen LogP contribution in [0.25, 0.3) is 0 Å². The van der Waals surface area contributed by atoms with E-state index in [-0.39, 0.29) is 5.91 Å². The van der Waals surface area contributed by atoms with Gasteiger partial charge in [0.15, 0.2) is 11.5 Å². The van der Waals surface area contributed by atoms with Crippen LogP contribution in [0.15, 0.2) is 36.4 Å². The smallest absolute Gasteiger partial charge is 0.255 e. The van der Waals surface area contributed by atoms with Crippen molar-refractivity contribution in [3.63, 3.8) is 0 Å². The number of hydrogen-bond acceptors (Lipinski definition) is 5. The van der Waals surface area contributed by atoms with Gasteiger partial charge in [-0.1, -0.05) is 6.92 Å². The average Bonchev–Trinajstić information content (AvgIpc) is 2.76. The first kappa shape index (κ1) is 22.0. The predicted molar refractivity (Wildman–Crippen MR) is 122 cm³/mol. The first-order chi connectivity index (χ1) is 14.5. The summed E-state index contributed by atoms with van der Waals surface area (Å²) < 4.78 is 11.2. The molecule has 1 fully saturated rings. The summed E-state index contributed by atoms with van der Waals surface area (Å²) in [7, 11) is 0. The van der Waals surface area contributed by atoms with Crippen LogP contribution in [0, 0.1) is 6.92 Å². The van der Waals surface area contributed by atoms with E-state index >= 15 is 0 Å². The lowest BCUT2D eigenvalue weighted by Crippen LogP contribution is -2.46. The summed E-state index contributed by atoms with van der Waals surface area (Å²) in [6.45, 7) is 14.5. The van der Waals surface area contributed by atoms with Crippen molar-refractivity contribution in [3.05, 3.63) is 47.5 Å². The minimum absolute atomic E-state index is 0.161. The zero-order valence-corrected chi connectivity index (χ0v) is 18.5. The molecule has 30 heavy (non-hydrogen) atoms. The van der Waals surface area contributed by atoms with Gasteiger partial charge in [0.2, 0.25) is 0 Å². The van der Waals surface area contributed by atoms with E-state index in [0.717, 1.165) is 44.0 Å². The number of piperazine rings is 1. The van der Waals surface area contributed by atoms with Gasteiger partial charge < -0.3 is 24.6 Å². The Morgan fingerprint density at radius 1 is 0.933 bits per heavy atom. The Labute approximate surface area is 179 Å². The monoisotopic (exact) mass is 411 g/mol. The van der Waals surface area contributed by atoms with Gasteiger partial charge in [0, 0.05) is 43.1 Å². The topological polar surface area (TPSA) is 54.0 Å². The molecule has 6 nitrogen and oxygen atoms in total. The highest BCUT2D eigenvalue weighted by Gasteiger charge is 2.17. The van der Waals surface area contributed by atoms with Crippen molar-refractivity contribution >= 4 is 17.3 Å². The Hall–Kier alpha value is -2.73. The number of carbonyl (C=O) groups excluding carboxylic acids is 1. The molecule has 2 aromatic rings. The molecule has 0 spiro atoms. The molecule has 1 saturated heterocycles. The highest BCUT2D eigenvalue weighted by molar-refractivity contribution is 6.05. The Bertz CT molecular complexity index is 861. The Balaban J connectivity index is 1.70. The van der Waals surface area contributed by atoms with Crippen molar-refractivity contribution in [3.8, 4) is 11.5 Å². The van der Waals surface area contributed by atoms with Crippen LogP contribution in [-0.4, -0.2) is 56.7 Å². The first-order valence-electron chi connectivity index (χ1n) is 10.8. The van der Waals surface area contributed by atoms with Crippen molar-refractivity contribution in [2.24, 2.45) is 0 Å². The van der Waals surface area contributed by atoms with Crippen LogP contribution in [0.3, 0.4) is 0 Å². The summed E-state index contributed by atoms with van der Waals surface area (Å²) in [4.78, 5) is 17.7. The van der Waals surface area contributed by atoms with Crippen LogP contribution in [0.1, 0.15) is 36.7 Å². The van der Waals surface area contributed by atoms with Crippen LogP contribution < -0.4 is 19.7 Å². The third kappa shape index (κ3) is 5.25.